The van der Waals surface area contributed by atoms with E-state index in [1.165, 1.54) is 51.7 Å². The smallest absolute Gasteiger partial charge is 0.0139 e. The summed E-state index contributed by atoms with van der Waals surface area (Å²) in [6.45, 7) is 8.41. The Balaban J connectivity index is 1.68. The van der Waals surface area contributed by atoms with E-state index in [1.54, 1.807) is 11.1 Å². The number of hydrogen-bond acceptors (Lipinski definition) is 2. The molecule has 2 aliphatic rings. The molecule has 0 aromatic heterocycles. The Morgan fingerprint density at radius 3 is 2.81 bits per heavy atom. The molecule has 1 aromatic carbocycles. The lowest BCUT2D eigenvalue weighted by atomic mass is 9.87. The summed E-state index contributed by atoms with van der Waals surface area (Å²) >= 11 is 0. The van der Waals surface area contributed by atoms with Crippen molar-refractivity contribution in [2.45, 2.75) is 58.0 Å². The molecule has 3 unspecified atom stereocenters. The van der Waals surface area contributed by atoms with E-state index in [1.807, 2.05) is 0 Å². The zero-order valence-electron chi connectivity index (χ0n) is 13.6. The molecule has 1 saturated heterocycles. The normalized spacial score (nSPS) is 31.2. The van der Waals surface area contributed by atoms with Gasteiger partial charge in [-0.3, -0.25) is 4.90 Å². The van der Waals surface area contributed by atoms with E-state index in [-0.39, 0.29) is 0 Å². The Morgan fingerprint density at radius 1 is 1.19 bits per heavy atom. The van der Waals surface area contributed by atoms with E-state index in [4.69, 9.17) is 0 Å². The van der Waals surface area contributed by atoms with Crippen LogP contribution >= 0.6 is 0 Å². The van der Waals surface area contributed by atoms with E-state index in [9.17, 15) is 0 Å². The van der Waals surface area contributed by atoms with Gasteiger partial charge in [0.25, 0.3) is 0 Å². The summed E-state index contributed by atoms with van der Waals surface area (Å²) in [7, 11) is 0. The van der Waals surface area contributed by atoms with Crippen molar-refractivity contribution in [1.82, 2.24) is 10.2 Å². The van der Waals surface area contributed by atoms with Crippen LogP contribution in [0.25, 0.3) is 0 Å². The van der Waals surface area contributed by atoms with Gasteiger partial charge >= 0.3 is 0 Å². The van der Waals surface area contributed by atoms with Gasteiger partial charge in [0.2, 0.25) is 0 Å². The van der Waals surface area contributed by atoms with Gasteiger partial charge in [0.05, 0.1) is 0 Å². The van der Waals surface area contributed by atoms with E-state index in [2.05, 4.69) is 48.3 Å². The van der Waals surface area contributed by atoms with Gasteiger partial charge in [-0.25, -0.2) is 0 Å². The molecule has 1 aliphatic heterocycles. The first-order valence-electron chi connectivity index (χ1n) is 8.80. The molecule has 3 atom stereocenters. The number of nitrogens with zero attached hydrogens (tertiary/aromatic N) is 1. The summed E-state index contributed by atoms with van der Waals surface area (Å²) < 4.78 is 0. The van der Waals surface area contributed by atoms with Gasteiger partial charge < -0.3 is 5.32 Å². The molecule has 0 bridgehead atoms. The molecule has 1 N–H and O–H groups in total. The summed E-state index contributed by atoms with van der Waals surface area (Å²) in [5.74, 6) is 0.761. The number of aryl methyl sites for hydroxylation is 1. The van der Waals surface area contributed by atoms with Gasteiger partial charge in [-0.1, -0.05) is 38.1 Å². The highest BCUT2D eigenvalue weighted by Gasteiger charge is 2.27. The molecule has 0 amide bonds. The second kappa shape index (κ2) is 6.93. The van der Waals surface area contributed by atoms with Crippen LogP contribution in [0.4, 0.5) is 0 Å². The minimum atomic E-state index is 0.714. The average molecular weight is 286 g/mol. The minimum absolute atomic E-state index is 0.714. The van der Waals surface area contributed by atoms with Crippen molar-refractivity contribution in [3.63, 3.8) is 0 Å². The molecule has 21 heavy (non-hydrogen) atoms. The van der Waals surface area contributed by atoms with Gasteiger partial charge in [-0.15, -0.1) is 0 Å². The maximum absolute atomic E-state index is 3.73. The van der Waals surface area contributed by atoms with Crippen LogP contribution in [0.2, 0.25) is 0 Å². The maximum Gasteiger partial charge on any atom is 0.0139 e. The molecule has 2 heteroatoms. The Labute approximate surface area is 129 Å². The SMILES string of the molecule is CCC1CCN(C2CCc3ccccc3C2)CC(C)CN1. The van der Waals surface area contributed by atoms with E-state index < -0.39 is 0 Å². The first-order chi connectivity index (χ1) is 10.3. The predicted molar refractivity (Wildman–Crippen MR) is 89.7 cm³/mol. The summed E-state index contributed by atoms with van der Waals surface area (Å²) in [6.07, 6.45) is 6.43. The van der Waals surface area contributed by atoms with Crippen molar-refractivity contribution in [1.29, 1.82) is 0 Å². The zero-order chi connectivity index (χ0) is 14.7. The van der Waals surface area contributed by atoms with E-state index in [0.717, 1.165) is 12.0 Å². The summed E-state index contributed by atoms with van der Waals surface area (Å²) in [5.41, 5.74) is 3.18. The number of nitrogens with one attached hydrogen (secondary N) is 1. The van der Waals surface area contributed by atoms with E-state index in [0.29, 0.717) is 6.04 Å². The van der Waals surface area contributed by atoms with Crippen LogP contribution in [0.3, 0.4) is 0 Å². The maximum atomic E-state index is 3.73. The Kier molecular flexibility index (Phi) is 4.97. The lowest BCUT2D eigenvalue weighted by Gasteiger charge is -2.39. The van der Waals surface area contributed by atoms with Gasteiger partial charge in [0, 0.05) is 18.6 Å². The Bertz CT molecular complexity index is 457. The van der Waals surface area contributed by atoms with Gasteiger partial charge in [0.1, 0.15) is 0 Å². The Hall–Kier alpha value is -0.860. The summed E-state index contributed by atoms with van der Waals surface area (Å²) in [6, 6.07) is 10.5. The molecular weight excluding hydrogens is 256 g/mol. The fourth-order valence-electron chi connectivity index (χ4n) is 4.02. The Morgan fingerprint density at radius 2 is 2.00 bits per heavy atom. The monoisotopic (exact) mass is 286 g/mol. The van der Waals surface area contributed by atoms with Gasteiger partial charge in [-0.2, -0.15) is 0 Å². The van der Waals surface area contributed by atoms with Crippen molar-refractivity contribution < 1.29 is 0 Å². The molecule has 3 rings (SSSR count). The van der Waals surface area contributed by atoms with Crippen molar-refractivity contribution in [2.75, 3.05) is 19.6 Å². The van der Waals surface area contributed by atoms with Crippen molar-refractivity contribution >= 4 is 0 Å². The topological polar surface area (TPSA) is 15.3 Å². The van der Waals surface area contributed by atoms with Crippen LogP contribution in [0.15, 0.2) is 24.3 Å². The average Bonchev–Trinajstić information content (AvgIpc) is 2.51. The fraction of sp³-hybridized carbons (Fsp3) is 0.684. The van der Waals surface area contributed by atoms with Gasteiger partial charge in [0.15, 0.2) is 0 Å². The first-order valence-corrected chi connectivity index (χ1v) is 8.80. The molecule has 1 aliphatic carbocycles. The van der Waals surface area contributed by atoms with Crippen LogP contribution in [0.1, 0.15) is 44.2 Å². The standard InChI is InChI=1S/C19H30N2/c1-3-18-10-11-21(14-15(2)13-20-18)19-9-8-16-6-4-5-7-17(16)12-19/h4-7,15,18-20H,3,8-14H2,1-2H3. The second-order valence-electron chi connectivity index (χ2n) is 7.07. The van der Waals surface area contributed by atoms with Crippen LogP contribution in [0.5, 0.6) is 0 Å². The third kappa shape index (κ3) is 3.67. The van der Waals surface area contributed by atoms with Gasteiger partial charge in [-0.05, 0) is 62.2 Å². The lowest BCUT2D eigenvalue weighted by Crippen LogP contribution is -2.48. The lowest BCUT2D eigenvalue weighted by molar-refractivity contribution is 0.133. The highest BCUT2D eigenvalue weighted by atomic mass is 15.2. The molecule has 0 saturated carbocycles. The second-order valence-corrected chi connectivity index (χ2v) is 7.07. The number of rotatable bonds is 2. The first kappa shape index (κ1) is 15.1. The quantitative estimate of drug-likeness (QED) is 0.898. The van der Waals surface area contributed by atoms with E-state index >= 15 is 0 Å². The highest BCUT2D eigenvalue weighted by Crippen LogP contribution is 2.26. The molecule has 1 aromatic rings. The molecule has 0 radical (unpaired) electrons. The fourth-order valence-corrected chi connectivity index (χ4v) is 4.02. The third-order valence-corrected chi connectivity index (χ3v) is 5.40. The number of benzene rings is 1. The molecule has 0 spiro atoms. The van der Waals surface area contributed by atoms with Crippen molar-refractivity contribution in [3.05, 3.63) is 35.4 Å². The van der Waals surface area contributed by atoms with Crippen molar-refractivity contribution in [2.24, 2.45) is 5.92 Å². The molecule has 2 nitrogen and oxygen atoms in total. The predicted octanol–water partition coefficient (Wildman–Crippen LogP) is 3.25. The molecule has 1 heterocycles. The summed E-state index contributed by atoms with van der Waals surface area (Å²) in [5, 5.41) is 3.73. The molecule has 1 fully saturated rings. The third-order valence-electron chi connectivity index (χ3n) is 5.40. The van der Waals surface area contributed by atoms with Crippen LogP contribution in [-0.4, -0.2) is 36.6 Å². The van der Waals surface area contributed by atoms with Crippen molar-refractivity contribution in [3.8, 4) is 0 Å². The molecule has 116 valence electrons. The zero-order valence-corrected chi connectivity index (χ0v) is 13.6. The highest BCUT2D eigenvalue weighted by molar-refractivity contribution is 5.30. The number of hydrogen-bond donors (Lipinski definition) is 1. The van der Waals surface area contributed by atoms with Crippen LogP contribution < -0.4 is 5.32 Å². The van der Waals surface area contributed by atoms with Crippen LogP contribution in [0, 0.1) is 5.92 Å². The minimum Gasteiger partial charge on any atom is -0.314 e. The number of fused-ring (bicyclic) bond motifs is 1. The largest absolute Gasteiger partial charge is 0.314 e. The summed E-state index contributed by atoms with van der Waals surface area (Å²) in [4.78, 5) is 2.80. The van der Waals surface area contributed by atoms with Crippen LogP contribution in [-0.2, 0) is 12.8 Å². The molecular formula is C19H30N2.